The number of hydrogen-bond donors (Lipinski definition) is 1. The van der Waals surface area contributed by atoms with E-state index in [1.54, 1.807) is 4.90 Å². The Balaban J connectivity index is 1.50. The van der Waals surface area contributed by atoms with Crippen molar-refractivity contribution in [3.05, 3.63) is 35.4 Å². The lowest BCUT2D eigenvalue weighted by Crippen LogP contribution is -2.37. The Morgan fingerprint density at radius 1 is 1.35 bits per heavy atom. The van der Waals surface area contributed by atoms with Crippen LogP contribution < -0.4 is 5.32 Å². The minimum atomic E-state index is -0.241. The van der Waals surface area contributed by atoms with Crippen molar-refractivity contribution >= 4 is 11.8 Å². The Morgan fingerprint density at radius 2 is 2.13 bits per heavy atom. The third-order valence-electron chi connectivity index (χ3n) is 4.61. The highest BCUT2D eigenvalue weighted by Gasteiger charge is 2.34. The summed E-state index contributed by atoms with van der Waals surface area (Å²) in [5.41, 5.74) is 2.30. The van der Waals surface area contributed by atoms with Crippen LogP contribution in [0, 0.1) is 12.8 Å². The van der Waals surface area contributed by atoms with Gasteiger partial charge in [-0.25, -0.2) is 0 Å². The van der Waals surface area contributed by atoms with Gasteiger partial charge < -0.3 is 15.0 Å². The summed E-state index contributed by atoms with van der Waals surface area (Å²) in [7, 11) is 0. The van der Waals surface area contributed by atoms with Gasteiger partial charge in [-0.15, -0.1) is 0 Å². The molecule has 2 aliphatic rings. The summed E-state index contributed by atoms with van der Waals surface area (Å²) in [6.45, 7) is 4.46. The van der Waals surface area contributed by atoms with Crippen molar-refractivity contribution in [2.24, 2.45) is 5.92 Å². The molecule has 1 N–H and O–H groups in total. The zero-order chi connectivity index (χ0) is 16.2. The molecular formula is C18H24N2O3. The lowest BCUT2D eigenvalue weighted by atomic mass is 10.1. The fraction of sp³-hybridized carbons (Fsp3) is 0.556. The van der Waals surface area contributed by atoms with Crippen LogP contribution >= 0.6 is 0 Å². The number of rotatable bonds is 5. The Morgan fingerprint density at radius 3 is 2.83 bits per heavy atom. The summed E-state index contributed by atoms with van der Waals surface area (Å²) >= 11 is 0. The molecule has 5 nitrogen and oxygen atoms in total. The molecule has 0 aromatic heterocycles. The number of ether oxygens (including phenoxy) is 1. The average molecular weight is 316 g/mol. The van der Waals surface area contributed by atoms with Gasteiger partial charge in [-0.1, -0.05) is 29.8 Å². The molecule has 2 amide bonds. The van der Waals surface area contributed by atoms with Crippen LogP contribution in [0.3, 0.4) is 0 Å². The zero-order valence-electron chi connectivity index (χ0n) is 13.6. The van der Waals surface area contributed by atoms with Crippen molar-refractivity contribution in [2.75, 3.05) is 19.7 Å². The van der Waals surface area contributed by atoms with Crippen LogP contribution in [0.2, 0.25) is 0 Å². The highest BCUT2D eigenvalue weighted by atomic mass is 16.5. The van der Waals surface area contributed by atoms with E-state index in [9.17, 15) is 9.59 Å². The van der Waals surface area contributed by atoms with E-state index in [0.717, 1.165) is 25.0 Å². The Labute approximate surface area is 137 Å². The first-order valence-electron chi connectivity index (χ1n) is 8.34. The van der Waals surface area contributed by atoms with Crippen molar-refractivity contribution in [3.63, 3.8) is 0 Å². The van der Waals surface area contributed by atoms with E-state index in [1.165, 1.54) is 5.56 Å². The van der Waals surface area contributed by atoms with Gasteiger partial charge in [-0.3, -0.25) is 9.59 Å². The number of nitrogens with zero attached hydrogens (tertiary/aromatic N) is 1. The van der Waals surface area contributed by atoms with Gasteiger partial charge in [-0.2, -0.15) is 0 Å². The van der Waals surface area contributed by atoms with E-state index in [-0.39, 0.29) is 23.8 Å². The molecule has 1 aromatic rings. The summed E-state index contributed by atoms with van der Waals surface area (Å²) in [6, 6.07) is 8.16. The molecule has 1 aromatic carbocycles. The maximum Gasteiger partial charge on any atom is 0.225 e. The molecule has 0 aliphatic carbocycles. The molecular weight excluding hydrogens is 292 g/mol. The molecule has 0 saturated carbocycles. The molecule has 0 unspecified atom stereocenters. The van der Waals surface area contributed by atoms with Crippen molar-refractivity contribution in [2.45, 2.75) is 38.8 Å². The fourth-order valence-corrected chi connectivity index (χ4v) is 3.18. The van der Waals surface area contributed by atoms with Crippen LogP contribution in [0.4, 0.5) is 0 Å². The van der Waals surface area contributed by atoms with Crippen LogP contribution in [0.15, 0.2) is 24.3 Å². The molecule has 3 rings (SSSR count). The molecule has 2 atom stereocenters. The lowest BCUT2D eigenvalue weighted by molar-refractivity contribution is -0.129. The third kappa shape index (κ3) is 4.10. The second kappa shape index (κ2) is 7.13. The van der Waals surface area contributed by atoms with E-state index < -0.39 is 0 Å². The second-order valence-corrected chi connectivity index (χ2v) is 6.54. The Kier molecular flexibility index (Phi) is 4.96. The fourth-order valence-electron chi connectivity index (χ4n) is 3.18. The number of amides is 2. The molecule has 2 aliphatic heterocycles. The van der Waals surface area contributed by atoms with Crippen LogP contribution in [0.1, 0.15) is 30.4 Å². The number of likely N-dealkylation sites (tertiary alicyclic amines) is 1. The third-order valence-corrected chi connectivity index (χ3v) is 4.61. The maximum atomic E-state index is 12.2. The minimum absolute atomic E-state index is 0.0275. The van der Waals surface area contributed by atoms with Crippen LogP contribution in [0.5, 0.6) is 0 Å². The summed E-state index contributed by atoms with van der Waals surface area (Å²) in [4.78, 5) is 26.2. The minimum Gasteiger partial charge on any atom is -0.376 e. The molecule has 23 heavy (non-hydrogen) atoms. The number of carbonyl (C=O) groups excluding carboxylic acids is 2. The first-order valence-corrected chi connectivity index (χ1v) is 8.34. The monoisotopic (exact) mass is 316 g/mol. The van der Waals surface area contributed by atoms with Crippen molar-refractivity contribution < 1.29 is 14.3 Å². The van der Waals surface area contributed by atoms with E-state index in [1.807, 2.05) is 31.2 Å². The number of carbonyl (C=O) groups is 2. The Hall–Kier alpha value is -1.88. The molecule has 0 spiro atoms. The first kappa shape index (κ1) is 16.0. The number of nitrogens with one attached hydrogen (secondary N) is 1. The number of benzene rings is 1. The SMILES string of the molecule is Cc1ccc(CN2C[C@@H](C(=O)NC[C@@H]3CCCO3)CC2=O)cc1. The second-order valence-electron chi connectivity index (χ2n) is 6.54. The van der Waals surface area contributed by atoms with Gasteiger partial charge in [0.2, 0.25) is 11.8 Å². The van der Waals surface area contributed by atoms with E-state index in [0.29, 0.717) is 26.1 Å². The van der Waals surface area contributed by atoms with Crippen molar-refractivity contribution in [1.29, 1.82) is 0 Å². The van der Waals surface area contributed by atoms with Gasteiger partial charge in [0.05, 0.1) is 12.0 Å². The van der Waals surface area contributed by atoms with Crippen LogP contribution in [-0.4, -0.2) is 42.5 Å². The molecule has 2 fully saturated rings. The van der Waals surface area contributed by atoms with Crippen molar-refractivity contribution in [3.8, 4) is 0 Å². The molecule has 2 heterocycles. The van der Waals surface area contributed by atoms with Gasteiger partial charge in [0.15, 0.2) is 0 Å². The topological polar surface area (TPSA) is 58.6 Å². The zero-order valence-corrected chi connectivity index (χ0v) is 13.6. The quantitative estimate of drug-likeness (QED) is 0.898. The molecule has 0 bridgehead atoms. The smallest absolute Gasteiger partial charge is 0.225 e. The summed E-state index contributed by atoms with van der Waals surface area (Å²) < 4.78 is 5.50. The normalized spacial score (nSPS) is 24.2. The standard InChI is InChI=1S/C18H24N2O3/c1-13-4-6-14(7-5-13)11-20-12-15(9-17(20)21)18(22)19-10-16-3-2-8-23-16/h4-7,15-16H,2-3,8-12H2,1H3,(H,19,22)/t15-,16-/m0/s1. The maximum absolute atomic E-state index is 12.2. The molecule has 5 heteroatoms. The van der Waals surface area contributed by atoms with Gasteiger partial charge in [0, 0.05) is 32.7 Å². The van der Waals surface area contributed by atoms with Gasteiger partial charge >= 0.3 is 0 Å². The predicted octanol–water partition coefficient (Wildman–Crippen LogP) is 1.64. The molecule has 0 radical (unpaired) electrons. The van der Waals surface area contributed by atoms with Crippen LogP contribution in [0.25, 0.3) is 0 Å². The summed E-state index contributed by atoms with van der Waals surface area (Å²) in [5, 5.41) is 2.94. The van der Waals surface area contributed by atoms with E-state index in [2.05, 4.69) is 5.32 Å². The van der Waals surface area contributed by atoms with Crippen molar-refractivity contribution in [1.82, 2.24) is 10.2 Å². The summed E-state index contributed by atoms with van der Waals surface area (Å²) in [6.07, 6.45) is 2.51. The lowest BCUT2D eigenvalue weighted by Gasteiger charge is -2.17. The van der Waals surface area contributed by atoms with Gasteiger partial charge in [0.25, 0.3) is 0 Å². The summed E-state index contributed by atoms with van der Waals surface area (Å²) in [5.74, 6) is -0.211. The van der Waals surface area contributed by atoms with Gasteiger partial charge in [0.1, 0.15) is 0 Å². The van der Waals surface area contributed by atoms with Crippen LogP contribution in [-0.2, 0) is 20.9 Å². The van der Waals surface area contributed by atoms with E-state index in [4.69, 9.17) is 4.74 Å². The van der Waals surface area contributed by atoms with E-state index >= 15 is 0 Å². The first-order chi connectivity index (χ1) is 11.1. The predicted molar refractivity (Wildman–Crippen MR) is 86.7 cm³/mol. The largest absolute Gasteiger partial charge is 0.376 e. The average Bonchev–Trinajstić information content (AvgIpc) is 3.18. The highest BCUT2D eigenvalue weighted by Crippen LogP contribution is 2.21. The molecule has 2 saturated heterocycles. The number of aryl methyl sites for hydroxylation is 1. The molecule has 124 valence electrons. The number of hydrogen-bond acceptors (Lipinski definition) is 3. The Bertz CT molecular complexity index is 564. The van der Waals surface area contributed by atoms with Gasteiger partial charge in [-0.05, 0) is 25.3 Å². The highest BCUT2D eigenvalue weighted by molar-refractivity contribution is 5.89.